The number of amides is 1. The van der Waals surface area contributed by atoms with Crippen molar-refractivity contribution in [2.75, 3.05) is 5.73 Å². The molecule has 1 fully saturated rings. The Bertz CT molecular complexity index is 714. The molecule has 3 rings (SSSR count). The predicted octanol–water partition coefficient (Wildman–Crippen LogP) is 1.67. The fraction of sp³-hybridized carbons (Fsp3) is 0.500. The van der Waals surface area contributed by atoms with E-state index in [-0.39, 0.29) is 11.9 Å². The first-order valence-electron chi connectivity index (χ1n) is 7.85. The van der Waals surface area contributed by atoms with Crippen LogP contribution in [-0.2, 0) is 18.4 Å². The molecule has 1 saturated carbocycles. The van der Waals surface area contributed by atoms with Gasteiger partial charge in [0.25, 0.3) is 0 Å². The first-order chi connectivity index (χ1) is 10.9. The lowest BCUT2D eigenvalue weighted by atomic mass is 9.91. The maximum Gasteiger partial charge on any atom is 0.220 e. The lowest BCUT2D eigenvalue weighted by Gasteiger charge is -2.37. The summed E-state index contributed by atoms with van der Waals surface area (Å²) in [7, 11) is 1.87. The van der Waals surface area contributed by atoms with Crippen molar-refractivity contribution in [3.8, 4) is 11.4 Å². The Morgan fingerprint density at radius 3 is 2.74 bits per heavy atom. The Balaban J connectivity index is 1.95. The Labute approximate surface area is 135 Å². The van der Waals surface area contributed by atoms with Crippen LogP contribution in [0.5, 0.6) is 0 Å². The molecule has 0 bridgehead atoms. The molecule has 1 aliphatic carbocycles. The van der Waals surface area contributed by atoms with Crippen molar-refractivity contribution in [1.82, 2.24) is 24.6 Å². The molecular weight excluding hydrogens is 292 g/mol. The Morgan fingerprint density at radius 1 is 1.43 bits per heavy atom. The minimum Gasteiger partial charge on any atom is -0.368 e. The van der Waals surface area contributed by atoms with E-state index in [9.17, 15) is 4.79 Å². The van der Waals surface area contributed by atoms with Crippen molar-refractivity contribution in [2.24, 2.45) is 7.05 Å². The van der Waals surface area contributed by atoms with Crippen LogP contribution >= 0.6 is 0 Å². The van der Waals surface area contributed by atoms with Gasteiger partial charge in [0, 0.05) is 44.0 Å². The topological polar surface area (TPSA) is 89.9 Å². The number of anilines is 1. The van der Waals surface area contributed by atoms with Crippen molar-refractivity contribution < 1.29 is 4.79 Å². The molecule has 7 nitrogen and oxygen atoms in total. The average molecular weight is 314 g/mol. The lowest BCUT2D eigenvalue weighted by Crippen LogP contribution is -2.42. The second-order valence-corrected chi connectivity index (χ2v) is 6.16. The van der Waals surface area contributed by atoms with Crippen LogP contribution in [0.25, 0.3) is 11.4 Å². The van der Waals surface area contributed by atoms with E-state index in [1.807, 2.05) is 31.1 Å². The summed E-state index contributed by atoms with van der Waals surface area (Å²) in [5.41, 5.74) is 8.99. The molecule has 1 amide bonds. The van der Waals surface area contributed by atoms with Crippen LogP contribution in [0.15, 0.2) is 12.3 Å². The van der Waals surface area contributed by atoms with E-state index in [2.05, 4.69) is 15.1 Å². The molecule has 0 saturated heterocycles. The van der Waals surface area contributed by atoms with Gasteiger partial charge in [0.05, 0.1) is 5.69 Å². The Morgan fingerprint density at radius 2 is 2.17 bits per heavy atom. The van der Waals surface area contributed by atoms with Gasteiger partial charge in [0.15, 0.2) is 0 Å². The predicted molar refractivity (Wildman–Crippen MR) is 87.2 cm³/mol. The Kier molecular flexibility index (Phi) is 4.02. The van der Waals surface area contributed by atoms with Crippen molar-refractivity contribution in [2.45, 2.75) is 45.7 Å². The zero-order chi connectivity index (χ0) is 16.6. The van der Waals surface area contributed by atoms with Crippen molar-refractivity contribution >= 4 is 11.9 Å². The standard InChI is InChI=1S/C16H22N6O/c1-10-7-14(19-16(17)18-10)15-12(8-21(3)20-15)9-22(11(2)23)13-5-4-6-13/h7-8,13H,4-6,9H2,1-3H3,(H2,17,18,19). The summed E-state index contributed by atoms with van der Waals surface area (Å²) in [5, 5.41) is 4.51. The first kappa shape index (κ1) is 15.5. The third-order valence-electron chi connectivity index (χ3n) is 4.28. The van der Waals surface area contributed by atoms with E-state index in [0.29, 0.717) is 18.3 Å². The van der Waals surface area contributed by atoms with Crippen molar-refractivity contribution in [3.05, 3.63) is 23.5 Å². The minimum atomic E-state index is 0.0999. The third kappa shape index (κ3) is 3.18. The number of nitrogens with two attached hydrogens (primary N) is 1. The molecular formula is C16H22N6O. The summed E-state index contributed by atoms with van der Waals surface area (Å²) in [6, 6.07) is 2.21. The fourth-order valence-corrected chi connectivity index (χ4v) is 2.96. The molecule has 23 heavy (non-hydrogen) atoms. The quantitative estimate of drug-likeness (QED) is 0.927. The molecule has 0 aliphatic heterocycles. The van der Waals surface area contributed by atoms with Crippen LogP contribution in [0, 0.1) is 6.92 Å². The lowest BCUT2D eigenvalue weighted by molar-refractivity contribution is -0.133. The van der Waals surface area contributed by atoms with E-state index < -0.39 is 0 Å². The van der Waals surface area contributed by atoms with Gasteiger partial charge >= 0.3 is 0 Å². The van der Waals surface area contributed by atoms with Gasteiger partial charge in [-0.3, -0.25) is 9.48 Å². The molecule has 1 aliphatic rings. The summed E-state index contributed by atoms with van der Waals surface area (Å²) >= 11 is 0. The van der Waals surface area contributed by atoms with Crippen LogP contribution < -0.4 is 5.73 Å². The fourth-order valence-electron chi connectivity index (χ4n) is 2.96. The molecule has 0 spiro atoms. The summed E-state index contributed by atoms with van der Waals surface area (Å²) in [6.07, 6.45) is 5.29. The van der Waals surface area contributed by atoms with Gasteiger partial charge in [-0.05, 0) is 32.3 Å². The highest BCUT2D eigenvalue weighted by Crippen LogP contribution is 2.29. The number of carbonyl (C=O) groups excluding carboxylic acids is 1. The molecule has 2 aromatic heterocycles. The monoisotopic (exact) mass is 314 g/mol. The Hall–Kier alpha value is -2.44. The number of aromatic nitrogens is 4. The first-order valence-corrected chi connectivity index (χ1v) is 7.85. The summed E-state index contributed by atoms with van der Waals surface area (Å²) in [4.78, 5) is 22.3. The zero-order valence-electron chi connectivity index (χ0n) is 13.8. The van der Waals surface area contributed by atoms with Crippen molar-refractivity contribution in [3.63, 3.8) is 0 Å². The minimum absolute atomic E-state index is 0.0999. The van der Waals surface area contributed by atoms with E-state index in [1.165, 1.54) is 6.42 Å². The highest BCUT2D eigenvalue weighted by molar-refractivity contribution is 5.74. The van der Waals surface area contributed by atoms with E-state index in [4.69, 9.17) is 5.73 Å². The van der Waals surface area contributed by atoms with Gasteiger partial charge in [-0.15, -0.1) is 0 Å². The maximum absolute atomic E-state index is 12.0. The van der Waals surface area contributed by atoms with Gasteiger partial charge in [0.2, 0.25) is 11.9 Å². The van der Waals surface area contributed by atoms with Crippen LogP contribution in [-0.4, -0.2) is 36.6 Å². The molecule has 0 atom stereocenters. The average Bonchev–Trinajstić information content (AvgIpc) is 2.75. The van der Waals surface area contributed by atoms with E-state index in [0.717, 1.165) is 29.8 Å². The maximum atomic E-state index is 12.0. The number of nitrogens with zero attached hydrogens (tertiary/aromatic N) is 5. The highest BCUT2D eigenvalue weighted by Gasteiger charge is 2.28. The molecule has 2 aromatic rings. The van der Waals surface area contributed by atoms with Gasteiger partial charge in [-0.25, -0.2) is 9.97 Å². The molecule has 0 radical (unpaired) electrons. The molecule has 122 valence electrons. The second-order valence-electron chi connectivity index (χ2n) is 6.16. The summed E-state index contributed by atoms with van der Waals surface area (Å²) < 4.78 is 1.75. The summed E-state index contributed by atoms with van der Waals surface area (Å²) in [5.74, 6) is 0.335. The molecule has 0 unspecified atom stereocenters. The van der Waals surface area contributed by atoms with Crippen LogP contribution in [0.4, 0.5) is 5.95 Å². The normalized spacial score (nSPS) is 14.6. The zero-order valence-corrected chi connectivity index (χ0v) is 13.8. The van der Waals surface area contributed by atoms with Gasteiger partial charge in [-0.2, -0.15) is 5.10 Å². The van der Waals surface area contributed by atoms with Crippen LogP contribution in [0.2, 0.25) is 0 Å². The molecule has 2 heterocycles. The van der Waals surface area contributed by atoms with E-state index >= 15 is 0 Å². The van der Waals surface area contributed by atoms with Gasteiger partial charge in [-0.1, -0.05) is 0 Å². The number of aryl methyl sites for hydroxylation is 2. The number of carbonyl (C=O) groups is 1. The van der Waals surface area contributed by atoms with E-state index in [1.54, 1.807) is 11.6 Å². The molecule has 0 aromatic carbocycles. The van der Waals surface area contributed by atoms with Crippen LogP contribution in [0.1, 0.15) is 37.4 Å². The highest BCUT2D eigenvalue weighted by atomic mass is 16.2. The second kappa shape index (κ2) is 5.98. The third-order valence-corrected chi connectivity index (χ3v) is 4.28. The SMILES string of the molecule is CC(=O)N(Cc1cn(C)nc1-c1cc(C)nc(N)n1)C1CCC1. The summed E-state index contributed by atoms with van der Waals surface area (Å²) in [6.45, 7) is 4.05. The largest absolute Gasteiger partial charge is 0.368 e. The van der Waals surface area contributed by atoms with Gasteiger partial charge in [0.1, 0.15) is 5.69 Å². The van der Waals surface area contributed by atoms with Crippen LogP contribution in [0.3, 0.4) is 0 Å². The number of hydrogen-bond donors (Lipinski definition) is 1. The smallest absolute Gasteiger partial charge is 0.220 e. The number of nitrogen functional groups attached to an aromatic ring is 1. The van der Waals surface area contributed by atoms with Gasteiger partial charge < -0.3 is 10.6 Å². The number of rotatable bonds is 4. The number of hydrogen-bond acceptors (Lipinski definition) is 5. The molecule has 2 N–H and O–H groups in total. The van der Waals surface area contributed by atoms with Crippen molar-refractivity contribution in [1.29, 1.82) is 0 Å². The molecule has 7 heteroatoms.